The Morgan fingerprint density at radius 1 is 1.32 bits per heavy atom. The molecule has 2 atom stereocenters. The second-order valence-corrected chi connectivity index (χ2v) is 8.65. The van der Waals surface area contributed by atoms with E-state index in [2.05, 4.69) is 4.90 Å². The maximum atomic E-state index is 11.5. The van der Waals surface area contributed by atoms with Crippen molar-refractivity contribution in [2.24, 2.45) is 11.3 Å². The largest absolute Gasteiger partial charge is 0.481 e. The number of rotatable bonds is 3. The number of hydrogen-bond acceptors (Lipinski definition) is 4. The summed E-state index contributed by atoms with van der Waals surface area (Å²) in [6.45, 7) is 5.15. The second-order valence-electron chi connectivity index (χ2n) is 6.42. The van der Waals surface area contributed by atoms with E-state index in [4.69, 9.17) is 0 Å². The molecule has 0 spiro atoms. The molecule has 19 heavy (non-hydrogen) atoms. The van der Waals surface area contributed by atoms with Crippen LogP contribution in [0.25, 0.3) is 0 Å². The number of hydrogen-bond donors (Lipinski definition) is 1. The highest BCUT2D eigenvalue weighted by molar-refractivity contribution is 7.91. The number of nitrogens with zero attached hydrogens (tertiary/aromatic N) is 1. The summed E-state index contributed by atoms with van der Waals surface area (Å²) >= 11 is 0. The Kier molecular flexibility index (Phi) is 3.93. The first-order chi connectivity index (χ1) is 8.72. The van der Waals surface area contributed by atoms with Gasteiger partial charge in [-0.15, -0.1) is 0 Å². The maximum absolute atomic E-state index is 11.5. The Morgan fingerprint density at radius 2 is 2.00 bits per heavy atom. The minimum absolute atomic E-state index is 0.0948. The van der Waals surface area contributed by atoms with E-state index >= 15 is 0 Å². The number of carboxylic acids is 1. The van der Waals surface area contributed by atoms with Crippen molar-refractivity contribution in [2.75, 3.05) is 24.6 Å². The molecule has 2 unspecified atom stereocenters. The monoisotopic (exact) mass is 289 g/mol. The summed E-state index contributed by atoms with van der Waals surface area (Å²) in [7, 11) is -2.87. The zero-order valence-corrected chi connectivity index (χ0v) is 12.4. The summed E-state index contributed by atoms with van der Waals surface area (Å²) in [4.78, 5) is 13.5. The highest BCUT2D eigenvalue weighted by atomic mass is 32.2. The van der Waals surface area contributed by atoms with Crippen LogP contribution in [0.15, 0.2) is 0 Å². The molecule has 1 N–H and O–H groups in total. The molecule has 2 rings (SSSR count). The molecule has 0 aliphatic carbocycles. The van der Waals surface area contributed by atoms with E-state index in [1.54, 1.807) is 13.8 Å². The van der Waals surface area contributed by atoms with E-state index in [1.807, 2.05) is 0 Å². The fourth-order valence-corrected chi connectivity index (χ4v) is 4.93. The quantitative estimate of drug-likeness (QED) is 0.839. The standard InChI is InChI=1S/C13H23NO4S/c1-13(2,12(15)16)10-4-3-6-14(8-10)11-5-7-19(17,18)9-11/h10-11H,3-9H2,1-2H3,(H,15,16). The van der Waals surface area contributed by atoms with Gasteiger partial charge in [0.25, 0.3) is 0 Å². The van der Waals surface area contributed by atoms with Gasteiger partial charge in [-0.25, -0.2) is 8.42 Å². The maximum Gasteiger partial charge on any atom is 0.309 e. The summed E-state index contributed by atoms with van der Waals surface area (Å²) < 4.78 is 23.1. The van der Waals surface area contributed by atoms with Crippen molar-refractivity contribution in [3.63, 3.8) is 0 Å². The summed E-state index contributed by atoms with van der Waals surface area (Å²) in [6.07, 6.45) is 2.57. The Hall–Kier alpha value is -0.620. The Labute approximate surface area is 114 Å². The van der Waals surface area contributed by atoms with Crippen LogP contribution in [0.5, 0.6) is 0 Å². The van der Waals surface area contributed by atoms with Crippen LogP contribution < -0.4 is 0 Å². The number of sulfone groups is 1. The molecular formula is C13H23NO4S. The highest BCUT2D eigenvalue weighted by Gasteiger charge is 2.41. The van der Waals surface area contributed by atoms with E-state index < -0.39 is 21.2 Å². The zero-order chi connectivity index (χ0) is 14.3. The van der Waals surface area contributed by atoms with Gasteiger partial charge < -0.3 is 5.11 Å². The molecule has 2 aliphatic rings. The Bertz CT molecular complexity index is 457. The van der Waals surface area contributed by atoms with E-state index in [-0.39, 0.29) is 23.5 Å². The van der Waals surface area contributed by atoms with Crippen LogP contribution in [0.3, 0.4) is 0 Å². The molecule has 0 aromatic carbocycles. The van der Waals surface area contributed by atoms with Gasteiger partial charge in [-0.1, -0.05) is 0 Å². The number of likely N-dealkylation sites (tertiary alicyclic amines) is 1. The van der Waals surface area contributed by atoms with Crippen molar-refractivity contribution in [3.8, 4) is 0 Å². The summed E-state index contributed by atoms with van der Waals surface area (Å²) in [6, 6.07) is 0.0948. The molecule has 2 saturated heterocycles. The summed E-state index contributed by atoms with van der Waals surface area (Å²) in [5.74, 6) is -0.144. The van der Waals surface area contributed by atoms with Crippen LogP contribution in [0, 0.1) is 11.3 Å². The first-order valence-electron chi connectivity index (χ1n) is 6.90. The van der Waals surface area contributed by atoms with Gasteiger partial charge in [0.15, 0.2) is 9.84 Å². The molecule has 0 radical (unpaired) electrons. The SMILES string of the molecule is CC(C)(C(=O)O)C1CCCN(C2CCS(=O)(=O)C2)C1. The van der Waals surface area contributed by atoms with Crippen molar-refractivity contribution >= 4 is 15.8 Å². The van der Waals surface area contributed by atoms with Crippen molar-refractivity contribution in [1.82, 2.24) is 4.90 Å². The van der Waals surface area contributed by atoms with Crippen molar-refractivity contribution in [1.29, 1.82) is 0 Å². The van der Waals surface area contributed by atoms with Crippen LogP contribution in [0.1, 0.15) is 33.1 Å². The topological polar surface area (TPSA) is 74.7 Å². The van der Waals surface area contributed by atoms with Crippen LogP contribution in [0.2, 0.25) is 0 Å². The number of carboxylic acid groups (broad SMARTS) is 1. The number of aliphatic carboxylic acids is 1. The molecule has 0 aromatic rings. The van der Waals surface area contributed by atoms with Crippen LogP contribution in [-0.2, 0) is 14.6 Å². The Morgan fingerprint density at radius 3 is 2.53 bits per heavy atom. The molecule has 2 aliphatic heterocycles. The smallest absolute Gasteiger partial charge is 0.309 e. The molecule has 0 amide bonds. The third-order valence-electron chi connectivity index (χ3n) is 4.75. The first-order valence-corrected chi connectivity index (χ1v) is 8.72. The lowest BCUT2D eigenvalue weighted by Gasteiger charge is -2.41. The summed E-state index contributed by atoms with van der Waals surface area (Å²) in [5, 5.41) is 9.31. The van der Waals surface area contributed by atoms with Crippen molar-refractivity contribution in [2.45, 2.75) is 39.2 Å². The zero-order valence-electron chi connectivity index (χ0n) is 11.6. The molecule has 110 valence electrons. The molecular weight excluding hydrogens is 266 g/mol. The van der Waals surface area contributed by atoms with Gasteiger partial charge in [0.1, 0.15) is 0 Å². The van der Waals surface area contributed by atoms with Gasteiger partial charge >= 0.3 is 5.97 Å². The number of carbonyl (C=O) groups is 1. The van der Waals surface area contributed by atoms with Gasteiger partial charge in [-0.3, -0.25) is 9.69 Å². The van der Waals surface area contributed by atoms with Gasteiger partial charge in [0.2, 0.25) is 0 Å². The van der Waals surface area contributed by atoms with E-state index in [1.165, 1.54) is 0 Å². The minimum Gasteiger partial charge on any atom is -0.481 e. The molecule has 6 heteroatoms. The molecule has 2 fully saturated rings. The van der Waals surface area contributed by atoms with E-state index in [0.29, 0.717) is 13.0 Å². The van der Waals surface area contributed by atoms with Crippen molar-refractivity contribution in [3.05, 3.63) is 0 Å². The van der Waals surface area contributed by atoms with E-state index in [9.17, 15) is 18.3 Å². The lowest BCUT2D eigenvalue weighted by molar-refractivity contribution is -0.151. The normalized spacial score (nSPS) is 32.3. The highest BCUT2D eigenvalue weighted by Crippen LogP contribution is 2.35. The lowest BCUT2D eigenvalue weighted by atomic mass is 9.74. The van der Waals surface area contributed by atoms with Gasteiger partial charge in [0.05, 0.1) is 16.9 Å². The fraction of sp³-hybridized carbons (Fsp3) is 0.923. The third kappa shape index (κ3) is 3.11. The molecule has 5 nitrogen and oxygen atoms in total. The predicted octanol–water partition coefficient (Wildman–Crippen LogP) is 0.996. The molecule has 2 heterocycles. The van der Waals surface area contributed by atoms with Crippen LogP contribution >= 0.6 is 0 Å². The molecule has 0 aromatic heterocycles. The lowest BCUT2D eigenvalue weighted by Crippen LogP contribution is -2.48. The minimum atomic E-state index is -2.87. The fourth-order valence-electron chi connectivity index (χ4n) is 3.17. The van der Waals surface area contributed by atoms with Gasteiger partial charge in [0, 0.05) is 12.6 Å². The average molecular weight is 289 g/mol. The third-order valence-corrected chi connectivity index (χ3v) is 6.50. The second kappa shape index (κ2) is 5.05. The molecule has 0 bridgehead atoms. The average Bonchev–Trinajstić information content (AvgIpc) is 2.70. The van der Waals surface area contributed by atoms with Gasteiger partial charge in [-0.2, -0.15) is 0 Å². The van der Waals surface area contributed by atoms with Crippen molar-refractivity contribution < 1.29 is 18.3 Å². The van der Waals surface area contributed by atoms with E-state index in [0.717, 1.165) is 19.4 Å². The van der Waals surface area contributed by atoms with Gasteiger partial charge in [-0.05, 0) is 45.6 Å². The molecule has 0 saturated carbocycles. The van der Waals surface area contributed by atoms with Crippen LogP contribution in [-0.4, -0.2) is 55.0 Å². The first kappa shape index (κ1) is 14.8. The number of piperidine rings is 1. The Balaban J connectivity index is 2.04. The summed E-state index contributed by atoms with van der Waals surface area (Å²) in [5.41, 5.74) is -0.740. The predicted molar refractivity (Wildman–Crippen MR) is 72.8 cm³/mol. The van der Waals surface area contributed by atoms with Crippen LogP contribution in [0.4, 0.5) is 0 Å².